The SMILES string of the molecule is O=C(NCCN1CCOCC1)c1ccnc(Nc2c(Cl)cccc2Cl)n1. The first-order valence-electron chi connectivity index (χ1n) is 8.26. The number of nitrogens with zero attached hydrogens (tertiary/aromatic N) is 3. The van der Waals surface area contributed by atoms with E-state index in [1.165, 1.54) is 6.20 Å². The number of amides is 1. The Morgan fingerprint density at radius 3 is 2.65 bits per heavy atom. The van der Waals surface area contributed by atoms with E-state index in [1.54, 1.807) is 24.3 Å². The molecule has 0 radical (unpaired) electrons. The van der Waals surface area contributed by atoms with E-state index < -0.39 is 0 Å². The summed E-state index contributed by atoms with van der Waals surface area (Å²) in [5.41, 5.74) is 0.772. The molecule has 2 N–H and O–H groups in total. The highest BCUT2D eigenvalue weighted by molar-refractivity contribution is 6.39. The molecule has 1 amide bonds. The summed E-state index contributed by atoms with van der Waals surface area (Å²) < 4.78 is 5.30. The number of nitrogens with one attached hydrogen (secondary N) is 2. The number of anilines is 2. The summed E-state index contributed by atoms with van der Waals surface area (Å²) in [7, 11) is 0. The van der Waals surface area contributed by atoms with Crippen molar-refractivity contribution in [3.8, 4) is 0 Å². The summed E-state index contributed by atoms with van der Waals surface area (Å²) >= 11 is 12.3. The predicted octanol–water partition coefficient (Wildman–Crippen LogP) is 2.59. The number of hydrogen-bond donors (Lipinski definition) is 2. The molecule has 3 rings (SSSR count). The molecule has 0 bridgehead atoms. The molecule has 0 saturated carbocycles. The number of carbonyl (C=O) groups is 1. The van der Waals surface area contributed by atoms with Gasteiger partial charge >= 0.3 is 0 Å². The van der Waals surface area contributed by atoms with Gasteiger partial charge in [0.25, 0.3) is 5.91 Å². The largest absolute Gasteiger partial charge is 0.379 e. The summed E-state index contributed by atoms with van der Waals surface area (Å²) in [6, 6.07) is 6.72. The molecule has 0 spiro atoms. The molecule has 1 aliphatic heterocycles. The van der Waals surface area contributed by atoms with Crippen molar-refractivity contribution in [2.45, 2.75) is 0 Å². The fourth-order valence-electron chi connectivity index (χ4n) is 2.52. The van der Waals surface area contributed by atoms with Crippen LogP contribution in [0.3, 0.4) is 0 Å². The van der Waals surface area contributed by atoms with Crippen molar-refractivity contribution in [2.24, 2.45) is 0 Å². The average molecular weight is 396 g/mol. The Kier molecular flexibility index (Phi) is 6.62. The molecule has 1 aromatic heterocycles. The molecule has 0 unspecified atom stereocenters. The summed E-state index contributed by atoms with van der Waals surface area (Å²) in [5, 5.41) is 6.72. The second-order valence-electron chi connectivity index (χ2n) is 5.70. The fraction of sp³-hybridized carbons (Fsp3) is 0.353. The van der Waals surface area contributed by atoms with Gasteiger partial charge in [0, 0.05) is 32.4 Å². The van der Waals surface area contributed by atoms with Crippen LogP contribution in [0.25, 0.3) is 0 Å². The van der Waals surface area contributed by atoms with Crippen LogP contribution in [0.1, 0.15) is 10.5 Å². The lowest BCUT2D eigenvalue weighted by atomic mass is 10.3. The Hall–Kier alpha value is -1.93. The van der Waals surface area contributed by atoms with Crippen LogP contribution < -0.4 is 10.6 Å². The summed E-state index contributed by atoms with van der Waals surface area (Å²) in [6.07, 6.45) is 1.51. The molecule has 0 atom stereocenters. The number of rotatable bonds is 6. The van der Waals surface area contributed by atoms with Gasteiger partial charge in [0.2, 0.25) is 5.95 Å². The van der Waals surface area contributed by atoms with Gasteiger partial charge < -0.3 is 15.4 Å². The molecular formula is C17H19Cl2N5O2. The summed E-state index contributed by atoms with van der Waals surface area (Å²) in [5.74, 6) is -0.00482. The van der Waals surface area contributed by atoms with E-state index in [2.05, 4.69) is 25.5 Å². The molecule has 7 nitrogen and oxygen atoms in total. The smallest absolute Gasteiger partial charge is 0.270 e. The standard InChI is InChI=1S/C17H19Cl2N5O2/c18-12-2-1-3-13(19)15(12)23-17-21-5-4-14(22-17)16(25)20-6-7-24-8-10-26-11-9-24/h1-5H,6-11H2,(H,20,25)(H,21,22,23). The summed E-state index contributed by atoms with van der Waals surface area (Å²) in [4.78, 5) is 22.9. The first-order chi connectivity index (χ1) is 12.6. The minimum Gasteiger partial charge on any atom is -0.379 e. The van der Waals surface area contributed by atoms with E-state index >= 15 is 0 Å². The summed E-state index contributed by atoms with van der Waals surface area (Å²) in [6.45, 7) is 4.56. The van der Waals surface area contributed by atoms with Gasteiger partial charge in [-0.25, -0.2) is 9.97 Å². The van der Waals surface area contributed by atoms with Gasteiger partial charge in [-0.05, 0) is 18.2 Å². The van der Waals surface area contributed by atoms with E-state index in [0.29, 0.717) is 22.3 Å². The molecule has 0 aliphatic carbocycles. The Balaban J connectivity index is 1.58. The number of hydrogen-bond acceptors (Lipinski definition) is 6. The number of benzene rings is 1. The zero-order chi connectivity index (χ0) is 18.4. The first-order valence-corrected chi connectivity index (χ1v) is 9.01. The second-order valence-corrected chi connectivity index (χ2v) is 6.51. The van der Waals surface area contributed by atoms with Crippen LogP contribution in [0.5, 0.6) is 0 Å². The van der Waals surface area contributed by atoms with Crippen molar-refractivity contribution in [1.82, 2.24) is 20.2 Å². The van der Waals surface area contributed by atoms with Gasteiger partial charge in [-0.3, -0.25) is 9.69 Å². The molecule has 2 aromatic rings. The van der Waals surface area contributed by atoms with Crippen molar-refractivity contribution in [3.05, 3.63) is 46.2 Å². The highest BCUT2D eigenvalue weighted by Gasteiger charge is 2.13. The maximum atomic E-state index is 12.3. The van der Waals surface area contributed by atoms with E-state index in [-0.39, 0.29) is 17.5 Å². The number of aromatic nitrogens is 2. The minimum absolute atomic E-state index is 0.251. The third-order valence-electron chi connectivity index (χ3n) is 3.91. The molecular weight excluding hydrogens is 377 g/mol. The van der Waals surface area contributed by atoms with Gasteiger partial charge in [-0.2, -0.15) is 0 Å². The number of ether oxygens (including phenoxy) is 1. The molecule has 26 heavy (non-hydrogen) atoms. The van der Waals surface area contributed by atoms with E-state index in [9.17, 15) is 4.79 Å². The van der Waals surface area contributed by atoms with Gasteiger partial charge in [-0.15, -0.1) is 0 Å². The first kappa shape index (κ1) is 18.8. The molecule has 1 aromatic carbocycles. The van der Waals surface area contributed by atoms with Crippen LogP contribution >= 0.6 is 23.2 Å². The predicted molar refractivity (Wildman–Crippen MR) is 101 cm³/mol. The van der Waals surface area contributed by atoms with E-state index in [0.717, 1.165) is 32.8 Å². The Morgan fingerprint density at radius 2 is 1.92 bits per heavy atom. The minimum atomic E-state index is -0.256. The zero-order valence-corrected chi connectivity index (χ0v) is 15.6. The molecule has 1 saturated heterocycles. The van der Waals surface area contributed by atoms with Gasteiger partial charge in [0.05, 0.1) is 28.9 Å². The van der Waals surface area contributed by atoms with Crippen molar-refractivity contribution in [2.75, 3.05) is 44.7 Å². The molecule has 2 heterocycles. The molecule has 1 fully saturated rings. The number of carbonyl (C=O) groups excluding carboxylic acids is 1. The van der Waals surface area contributed by atoms with Crippen molar-refractivity contribution in [3.63, 3.8) is 0 Å². The third-order valence-corrected chi connectivity index (χ3v) is 4.54. The van der Waals surface area contributed by atoms with E-state index in [1.807, 2.05) is 0 Å². The van der Waals surface area contributed by atoms with E-state index in [4.69, 9.17) is 27.9 Å². The maximum Gasteiger partial charge on any atom is 0.270 e. The quantitative estimate of drug-likeness (QED) is 0.782. The zero-order valence-electron chi connectivity index (χ0n) is 14.0. The van der Waals surface area contributed by atoms with Gasteiger partial charge in [0.15, 0.2) is 0 Å². The highest BCUT2D eigenvalue weighted by Crippen LogP contribution is 2.31. The van der Waals surface area contributed by atoms with Crippen molar-refractivity contribution >= 4 is 40.7 Å². The third kappa shape index (κ3) is 5.04. The molecule has 9 heteroatoms. The number of morpholine rings is 1. The van der Waals surface area contributed by atoms with Gasteiger partial charge in [0.1, 0.15) is 5.69 Å². The number of para-hydroxylation sites is 1. The van der Waals surface area contributed by atoms with Crippen LogP contribution in [0.4, 0.5) is 11.6 Å². The molecule has 138 valence electrons. The average Bonchev–Trinajstić information content (AvgIpc) is 2.66. The van der Waals surface area contributed by atoms with Crippen LogP contribution in [-0.4, -0.2) is 60.2 Å². The maximum absolute atomic E-state index is 12.3. The topological polar surface area (TPSA) is 79.4 Å². The van der Waals surface area contributed by atoms with Crippen LogP contribution in [0.2, 0.25) is 10.0 Å². The van der Waals surface area contributed by atoms with Gasteiger partial charge in [-0.1, -0.05) is 29.3 Å². The lowest BCUT2D eigenvalue weighted by molar-refractivity contribution is 0.0383. The number of halogens is 2. The van der Waals surface area contributed by atoms with Crippen molar-refractivity contribution < 1.29 is 9.53 Å². The second kappa shape index (κ2) is 9.14. The lowest BCUT2D eigenvalue weighted by Crippen LogP contribution is -2.41. The molecule has 1 aliphatic rings. The van der Waals surface area contributed by atoms with Crippen molar-refractivity contribution in [1.29, 1.82) is 0 Å². The highest BCUT2D eigenvalue weighted by atomic mass is 35.5. The fourth-order valence-corrected chi connectivity index (χ4v) is 3.01. The van der Waals surface area contributed by atoms with Crippen LogP contribution in [0, 0.1) is 0 Å². The Bertz CT molecular complexity index is 748. The van der Waals surface area contributed by atoms with Crippen LogP contribution in [-0.2, 0) is 4.74 Å². The Morgan fingerprint density at radius 1 is 1.19 bits per heavy atom. The van der Waals surface area contributed by atoms with Crippen LogP contribution in [0.15, 0.2) is 30.5 Å². The monoisotopic (exact) mass is 395 g/mol. The normalized spacial score (nSPS) is 14.8. The lowest BCUT2D eigenvalue weighted by Gasteiger charge is -2.26. The Labute approximate surface area is 161 Å².